The third-order valence-electron chi connectivity index (χ3n) is 3.63. The lowest BCUT2D eigenvalue weighted by Crippen LogP contribution is -2.40. The van der Waals surface area contributed by atoms with Crippen molar-refractivity contribution >= 4 is 43.2 Å². The average molecular weight is 396 g/mol. The van der Waals surface area contributed by atoms with E-state index in [9.17, 15) is 13.2 Å². The summed E-state index contributed by atoms with van der Waals surface area (Å²) in [5.74, 6) is -0.216. The van der Waals surface area contributed by atoms with E-state index in [1.807, 2.05) is 6.92 Å². The van der Waals surface area contributed by atoms with Gasteiger partial charge in [-0.3, -0.25) is 4.79 Å². The van der Waals surface area contributed by atoms with E-state index in [2.05, 4.69) is 20.7 Å². The molecule has 6 nitrogen and oxygen atoms in total. The van der Waals surface area contributed by atoms with E-state index < -0.39 is 10.0 Å². The Morgan fingerprint density at radius 3 is 2.81 bits per heavy atom. The predicted molar refractivity (Wildman–Crippen MR) is 85.6 cm³/mol. The van der Waals surface area contributed by atoms with Crippen molar-refractivity contribution in [2.75, 3.05) is 26.2 Å². The van der Waals surface area contributed by atoms with Crippen LogP contribution in [0.5, 0.6) is 0 Å². The number of carbonyl (C=O) groups is 1. The van der Waals surface area contributed by atoms with Crippen LogP contribution in [0.4, 0.5) is 0 Å². The van der Waals surface area contributed by atoms with E-state index in [4.69, 9.17) is 5.73 Å². The first-order chi connectivity index (χ1) is 9.76. The Morgan fingerprint density at radius 1 is 1.57 bits per heavy atom. The van der Waals surface area contributed by atoms with Gasteiger partial charge in [-0.15, -0.1) is 11.3 Å². The Balaban J connectivity index is 1.93. The molecule has 118 valence electrons. The molecule has 1 aromatic rings. The maximum Gasteiger partial charge on any atom is 0.250 e. The van der Waals surface area contributed by atoms with Gasteiger partial charge in [-0.2, -0.15) is 0 Å². The van der Waals surface area contributed by atoms with Gasteiger partial charge in [0.25, 0.3) is 10.0 Å². The molecule has 1 unspecified atom stereocenters. The van der Waals surface area contributed by atoms with Crippen LogP contribution < -0.4 is 10.5 Å². The van der Waals surface area contributed by atoms with E-state index in [0.717, 1.165) is 21.5 Å². The molecular weight excluding hydrogens is 378 g/mol. The topological polar surface area (TPSA) is 92.5 Å². The van der Waals surface area contributed by atoms with Gasteiger partial charge in [0.15, 0.2) is 0 Å². The van der Waals surface area contributed by atoms with Crippen molar-refractivity contribution in [3.05, 3.63) is 15.9 Å². The number of nitrogens with one attached hydrogen (secondary N) is 1. The van der Waals surface area contributed by atoms with Crippen LogP contribution >= 0.6 is 27.3 Å². The first-order valence-corrected chi connectivity index (χ1v) is 9.58. The highest BCUT2D eigenvalue weighted by molar-refractivity contribution is 9.11. The van der Waals surface area contributed by atoms with Gasteiger partial charge in [0.2, 0.25) is 5.91 Å². The summed E-state index contributed by atoms with van der Waals surface area (Å²) in [6, 6.07) is 3.16. The van der Waals surface area contributed by atoms with Crippen LogP contribution in [0.2, 0.25) is 0 Å². The minimum absolute atomic E-state index is 0.0624. The van der Waals surface area contributed by atoms with Gasteiger partial charge in [0, 0.05) is 13.1 Å². The highest BCUT2D eigenvalue weighted by Crippen LogP contribution is 2.28. The van der Waals surface area contributed by atoms with Crippen LogP contribution in [0.1, 0.15) is 13.3 Å². The standard InChI is InChI=1S/C12H18BrN3O3S2/c1-12(7-14)4-5-16(8-12)10(17)6-15-21(18,19)11-3-2-9(13)20-11/h2-3,15H,4-8,14H2,1H3. The van der Waals surface area contributed by atoms with Crippen LogP contribution in [0.15, 0.2) is 20.1 Å². The fourth-order valence-corrected chi connectivity index (χ4v) is 5.21. The number of thiophene rings is 1. The third-order valence-corrected chi connectivity index (χ3v) is 7.15. The Morgan fingerprint density at radius 2 is 2.29 bits per heavy atom. The molecule has 0 aliphatic carbocycles. The molecule has 1 fully saturated rings. The molecule has 1 aliphatic rings. The number of hydrogen-bond donors (Lipinski definition) is 2. The summed E-state index contributed by atoms with van der Waals surface area (Å²) in [6.45, 7) is 3.53. The molecule has 0 radical (unpaired) electrons. The lowest BCUT2D eigenvalue weighted by molar-refractivity contribution is -0.129. The summed E-state index contributed by atoms with van der Waals surface area (Å²) in [5.41, 5.74) is 5.64. The normalized spacial score (nSPS) is 22.7. The first-order valence-electron chi connectivity index (χ1n) is 6.49. The number of nitrogens with two attached hydrogens (primary N) is 1. The van der Waals surface area contributed by atoms with Crippen LogP contribution in [-0.4, -0.2) is 45.4 Å². The smallest absolute Gasteiger partial charge is 0.250 e. The maximum atomic E-state index is 12.1. The van der Waals surface area contributed by atoms with Gasteiger partial charge < -0.3 is 10.6 Å². The summed E-state index contributed by atoms with van der Waals surface area (Å²) in [6.07, 6.45) is 0.847. The SMILES string of the molecule is CC1(CN)CCN(C(=O)CNS(=O)(=O)c2ccc(Br)s2)C1. The zero-order valence-corrected chi connectivity index (χ0v) is 14.9. The molecule has 0 aromatic carbocycles. The second kappa shape index (κ2) is 6.33. The van der Waals surface area contributed by atoms with Crippen LogP contribution in [0.3, 0.4) is 0 Å². The number of rotatable bonds is 5. The molecule has 0 spiro atoms. The summed E-state index contributed by atoms with van der Waals surface area (Å²) >= 11 is 4.32. The highest BCUT2D eigenvalue weighted by Gasteiger charge is 2.35. The second-order valence-electron chi connectivity index (χ2n) is 5.46. The molecule has 1 atom stereocenters. The number of halogens is 1. The third kappa shape index (κ3) is 4.04. The monoisotopic (exact) mass is 395 g/mol. The quantitative estimate of drug-likeness (QED) is 0.776. The first kappa shape index (κ1) is 16.9. The predicted octanol–water partition coefficient (Wildman–Crippen LogP) is 0.986. The largest absolute Gasteiger partial charge is 0.341 e. The number of carbonyl (C=O) groups excluding carboxylic acids is 1. The average Bonchev–Trinajstić information content (AvgIpc) is 3.04. The number of nitrogens with zero attached hydrogens (tertiary/aromatic N) is 1. The number of likely N-dealkylation sites (tertiary alicyclic amines) is 1. The molecule has 0 bridgehead atoms. The van der Waals surface area contributed by atoms with E-state index >= 15 is 0 Å². The van der Waals surface area contributed by atoms with Crippen LogP contribution in [0.25, 0.3) is 0 Å². The number of amides is 1. The lowest BCUT2D eigenvalue weighted by atomic mass is 9.90. The van der Waals surface area contributed by atoms with Gasteiger partial charge in [-0.25, -0.2) is 13.1 Å². The lowest BCUT2D eigenvalue weighted by Gasteiger charge is -2.22. The van der Waals surface area contributed by atoms with E-state index in [1.54, 1.807) is 11.0 Å². The van der Waals surface area contributed by atoms with Crippen LogP contribution in [-0.2, 0) is 14.8 Å². The molecule has 1 aromatic heterocycles. The summed E-state index contributed by atoms with van der Waals surface area (Å²) in [4.78, 5) is 13.8. The molecule has 0 saturated carbocycles. The van der Waals surface area contributed by atoms with Gasteiger partial charge in [0.1, 0.15) is 4.21 Å². The van der Waals surface area contributed by atoms with Crippen molar-refractivity contribution in [2.45, 2.75) is 17.6 Å². The highest BCUT2D eigenvalue weighted by atomic mass is 79.9. The van der Waals surface area contributed by atoms with Crippen molar-refractivity contribution in [3.8, 4) is 0 Å². The Labute approximate surface area is 136 Å². The molecule has 1 saturated heterocycles. The summed E-state index contributed by atoms with van der Waals surface area (Å²) < 4.78 is 27.3. The van der Waals surface area contributed by atoms with Crippen molar-refractivity contribution in [3.63, 3.8) is 0 Å². The van der Waals surface area contributed by atoms with E-state index in [1.165, 1.54) is 6.07 Å². The molecule has 21 heavy (non-hydrogen) atoms. The molecule has 2 rings (SSSR count). The minimum atomic E-state index is -3.63. The Bertz CT molecular complexity index is 631. The number of sulfonamides is 1. The zero-order chi connectivity index (χ0) is 15.7. The van der Waals surface area contributed by atoms with Gasteiger partial charge in [-0.1, -0.05) is 6.92 Å². The number of hydrogen-bond acceptors (Lipinski definition) is 5. The fourth-order valence-electron chi connectivity index (χ4n) is 2.19. The molecular formula is C12H18BrN3O3S2. The molecule has 9 heteroatoms. The van der Waals surface area contributed by atoms with Crippen molar-refractivity contribution in [1.29, 1.82) is 0 Å². The van der Waals surface area contributed by atoms with E-state index in [0.29, 0.717) is 19.6 Å². The molecule has 2 heterocycles. The second-order valence-corrected chi connectivity index (χ2v) is 9.92. The van der Waals surface area contributed by atoms with Gasteiger partial charge >= 0.3 is 0 Å². The summed E-state index contributed by atoms with van der Waals surface area (Å²) in [5, 5.41) is 0. The Kier molecular flexibility index (Phi) is 5.09. The van der Waals surface area contributed by atoms with Gasteiger partial charge in [-0.05, 0) is 46.4 Å². The zero-order valence-electron chi connectivity index (χ0n) is 11.6. The Hall–Kier alpha value is -0.480. The van der Waals surface area contributed by atoms with Crippen molar-refractivity contribution < 1.29 is 13.2 Å². The fraction of sp³-hybridized carbons (Fsp3) is 0.583. The van der Waals surface area contributed by atoms with E-state index in [-0.39, 0.29) is 22.1 Å². The molecule has 1 amide bonds. The van der Waals surface area contributed by atoms with Crippen LogP contribution in [0, 0.1) is 5.41 Å². The van der Waals surface area contributed by atoms with Crippen molar-refractivity contribution in [2.24, 2.45) is 11.1 Å². The summed E-state index contributed by atoms with van der Waals surface area (Å²) in [7, 11) is -3.63. The maximum absolute atomic E-state index is 12.1. The minimum Gasteiger partial charge on any atom is -0.341 e. The van der Waals surface area contributed by atoms with Crippen molar-refractivity contribution in [1.82, 2.24) is 9.62 Å². The molecule has 1 aliphatic heterocycles. The molecule has 3 N–H and O–H groups in total. The van der Waals surface area contributed by atoms with Gasteiger partial charge in [0.05, 0.1) is 10.3 Å².